The molecular formula is C11H17N3O. The first-order valence-electron chi connectivity index (χ1n) is 5.12. The van der Waals surface area contributed by atoms with Gasteiger partial charge in [-0.05, 0) is 33.9 Å². The van der Waals surface area contributed by atoms with Crippen LogP contribution in [0.25, 0.3) is 0 Å². The molecule has 0 aromatic carbocycles. The minimum absolute atomic E-state index is 0.617. The highest BCUT2D eigenvalue weighted by Gasteiger charge is 2.10. The van der Waals surface area contributed by atoms with E-state index in [1.54, 1.807) is 0 Å². The fraction of sp³-hybridized carbons (Fsp3) is 0.636. The lowest BCUT2D eigenvalue weighted by Crippen LogP contribution is -2.19. The third-order valence-corrected chi connectivity index (χ3v) is 2.44. The third-order valence-electron chi connectivity index (χ3n) is 2.44. The Labute approximate surface area is 90.5 Å². The molecule has 0 unspecified atom stereocenters. The van der Waals surface area contributed by atoms with E-state index >= 15 is 0 Å². The standard InChI is InChI=1S/C11H17N3O/c1-9-11(10(2)15-13-9)8-14(3)7-5-4-6-12/h4-5,7-8H2,1-3H3. The van der Waals surface area contributed by atoms with Crippen molar-refractivity contribution in [2.75, 3.05) is 13.6 Å². The van der Waals surface area contributed by atoms with Crippen LogP contribution in [-0.2, 0) is 6.54 Å². The van der Waals surface area contributed by atoms with Gasteiger partial charge in [0.25, 0.3) is 0 Å². The van der Waals surface area contributed by atoms with Crippen LogP contribution in [0.2, 0.25) is 0 Å². The van der Waals surface area contributed by atoms with Crippen molar-refractivity contribution in [2.45, 2.75) is 33.2 Å². The van der Waals surface area contributed by atoms with Crippen LogP contribution in [0.15, 0.2) is 4.52 Å². The van der Waals surface area contributed by atoms with Gasteiger partial charge in [0, 0.05) is 18.5 Å². The predicted octanol–water partition coefficient (Wildman–Crippen LogP) is 2.03. The molecule has 0 aliphatic carbocycles. The van der Waals surface area contributed by atoms with Crippen molar-refractivity contribution in [3.05, 3.63) is 17.0 Å². The van der Waals surface area contributed by atoms with Gasteiger partial charge in [-0.1, -0.05) is 5.16 Å². The van der Waals surface area contributed by atoms with Crippen LogP contribution in [0.3, 0.4) is 0 Å². The molecule has 0 aliphatic rings. The molecule has 0 spiro atoms. The van der Waals surface area contributed by atoms with E-state index in [-0.39, 0.29) is 0 Å². The summed E-state index contributed by atoms with van der Waals surface area (Å²) >= 11 is 0. The second-order valence-corrected chi connectivity index (χ2v) is 3.80. The maximum absolute atomic E-state index is 8.43. The van der Waals surface area contributed by atoms with E-state index in [9.17, 15) is 0 Å². The number of rotatable bonds is 5. The van der Waals surface area contributed by atoms with E-state index in [4.69, 9.17) is 9.78 Å². The second kappa shape index (κ2) is 5.52. The van der Waals surface area contributed by atoms with Gasteiger partial charge in [-0.15, -0.1) is 0 Å². The highest BCUT2D eigenvalue weighted by atomic mass is 16.5. The molecule has 0 N–H and O–H groups in total. The zero-order valence-electron chi connectivity index (χ0n) is 9.58. The summed E-state index contributed by atoms with van der Waals surface area (Å²) in [5.74, 6) is 0.889. The number of nitrogens with zero attached hydrogens (tertiary/aromatic N) is 3. The van der Waals surface area contributed by atoms with Crippen LogP contribution in [-0.4, -0.2) is 23.6 Å². The summed E-state index contributed by atoms with van der Waals surface area (Å²) in [5.41, 5.74) is 2.12. The molecular weight excluding hydrogens is 190 g/mol. The van der Waals surface area contributed by atoms with Gasteiger partial charge >= 0.3 is 0 Å². The topological polar surface area (TPSA) is 53.1 Å². The van der Waals surface area contributed by atoms with Crippen molar-refractivity contribution in [1.29, 1.82) is 5.26 Å². The summed E-state index contributed by atoms with van der Waals surface area (Å²) in [6, 6.07) is 2.15. The Morgan fingerprint density at radius 3 is 2.73 bits per heavy atom. The first-order valence-corrected chi connectivity index (χ1v) is 5.12. The van der Waals surface area contributed by atoms with Crippen molar-refractivity contribution < 1.29 is 4.52 Å². The number of aryl methyl sites for hydroxylation is 2. The van der Waals surface area contributed by atoms with Crippen LogP contribution < -0.4 is 0 Å². The van der Waals surface area contributed by atoms with Gasteiger partial charge in [-0.3, -0.25) is 0 Å². The molecule has 0 atom stereocenters. The Bertz CT molecular complexity index is 332. The van der Waals surface area contributed by atoms with Crippen molar-refractivity contribution in [2.24, 2.45) is 0 Å². The normalized spacial score (nSPS) is 10.6. The Morgan fingerprint density at radius 1 is 1.47 bits per heavy atom. The fourth-order valence-corrected chi connectivity index (χ4v) is 1.50. The van der Waals surface area contributed by atoms with E-state index < -0.39 is 0 Å². The van der Waals surface area contributed by atoms with Gasteiger partial charge in [0.2, 0.25) is 0 Å². The average molecular weight is 207 g/mol. The summed E-state index contributed by atoms with van der Waals surface area (Å²) in [6.07, 6.45) is 1.53. The van der Waals surface area contributed by atoms with Crippen molar-refractivity contribution in [3.63, 3.8) is 0 Å². The summed E-state index contributed by atoms with van der Waals surface area (Å²) in [7, 11) is 2.04. The highest BCUT2D eigenvalue weighted by Crippen LogP contribution is 2.14. The molecule has 0 saturated carbocycles. The molecule has 1 rings (SSSR count). The summed E-state index contributed by atoms with van der Waals surface area (Å²) in [5, 5.41) is 12.3. The van der Waals surface area contributed by atoms with Crippen molar-refractivity contribution in [3.8, 4) is 6.07 Å². The van der Waals surface area contributed by atoms with E-state index in [0.717, 1.165) is 36.5 Å². The maximum atomic E-state index is 8.43. The Morgan fingerprint density at radius 2 is 2.20 bits per heavy atom. The summed E-state index contributed by atoms with van der Waals surface area (Å²) < 4.78 is 5.09. The van der Waals surface area contributed by atoms with Crippen LogP contribution in [0, 0.1) is 25.2 Å². The molecule has 4 heteroatoms. The van der Waals surface area contributed by atoms with E-state index in [1.807, 2.05) is 20.9 Å². The molecule has 0 aliphatic heterocycles. The summed E-state index contributed by atoms with van der Waals surface area (Å²) in [4.78, 5) is 2.18. The van der Waals surface area contributed by atoms with Crippen molar-refractivity contribution in [1.82, 2.24) is 10.1 Å². The van der Waals surface area contributed by atoms with E-state index in [2.05, 4.69) is 16.1 Å². The molecule has 82 valence electrons. The Balaban J connectivity index is 2.44. The quantitative estimate of drug-likeness (QED) is 0.693. The highest BCUT2D eigenvalue weighted by molar-refractivity contribution is 5.20. The third kappa shape index (κ3) is 3.37. The number of unbranched alkanes of at least 4 members (excludes halogenated alkanes) is 1. The predicted molar refractivity (Wildman–Crippen MR) is 57.2 cm³/mol. The second-order valence-electron chi connectivity index (χ2n) is 3.80. The first-order chi connectivity index (χ1) is 7.15. The molecule has 1 aromatic rings. The van der Waals surface area contributed by atoms with Crippen LogP contribution in [0.5, 0.6) is 0 Å². The largest absolute Gasteiger partial charge is 0.361 e. The average Bonchev–Trinajstić information content (AvgIpc) is 2.50. The van der Waals surface area contributed by atoms with E-state index in [0.29, 0.717) is 6.42 Å². The molecule has 0 bridgehead atoms. The monoisotopic (exact) mass is 207 g/mol. The molecule has 4 nitrogen and oxygen atoms in total. The lowest BCUT2D eigenvalue weighted by atomic mass is 10.2. The van der Waals surface area contributed by atoms with E-state index in [1.165, 1.54) is 0 Å². The van der Waals surface area contributed by atoms with Crippen molar-refractivity contribution >= 4 is 0 Å². The number of hydrogen-bond donors (Lipinski definition) is 0. The van der Waals surface area contributed by atoms with Gasteiger partial charge in [0.05, 0.1) is 11.8 Å². The zero-order valence-corrected chi connectivity index (χ0v) is 9.58. The smallest absolute Gasteiger partial charge is 0.138 e. The minimum Gasteiger partial charge on any atom is -0.361 e. The first kappa shape index (κ1) is 11.7. The Kier molecular flexibility index (Phi) is 4.32. The maximum Gasteiger partial charge on any atom is 0.138 e. The van der Waals surface area contributed by atoms with Gasteiger partial charge in [-0.25, -0.2) is 0 Å². The van der Waals surface area contributed by atoms with Gasteiger partial charge in [0.1, 0.15) is 5.76 Å². The number of nitriles is 1. The zero-order chi connectivity index (χ0) is 11.3. The fourth-order valence-electron chi connectivity index (χ4n) is 1.50. The van der Waals surface area contributed by atoms with Crippen LogP contribution >= 0.6 is 0 Å². The Hall–Kier alpha value is -1.34. The van der Waals surface area contributed by atoms with Crippen LogP contribution in [0.1, 0.15) is 29.9 Å². The molecule has 0 radical (unpaired) electrons. The van der Waals surface area contributed by atoms with Gasteiger partial charge in [-0.2, -0.15) is 5.26 Å². The SMILES string of the molecule is Cc1noc(C)c1CN(C)CCCC#N. The van der Waals surface area contributed by atoms with Gasteiger partial charge in [0.15, 0.2) is 0 Å². The number of hydrogen-bond acceptors (Lipinski definition) is 4. The lowest BCUT2D eigenvalue weighted by molar-refractivity contribution is 0.319. The molecule has 0 fully saturated rings. The molecule has 15 heavy (non-hydrogen) atoms. The lowest BCUT2D eigenvalue weighted by Gasteiger charge is -2.15. The van der Waals surface area contributed by atoms with Gasteiger partial charge < -0.3 is 9.42 Å². The molecule has 1 aromatic heterocycles. The number of aromatic nitrogens is 1. The minimum atomic E-state index is 0.617. The molecule has 0 saturated heterocycles. The molecule has 0 amide bonds. The molecule has 1 heterocycles. The van der Waals surface area contributed by atoms with Crippen LogP contribution in [0.4, 0.5) is 0 Å². The summed E-state index contributed by atoms with van der Waals surface area (Å²) in [6.45, 7) is 5.65.